The number of methoxy groups -OCH3 is 1. The fraction of sp³-hybridized carbons (Fsp3) is 0.481. The van der Waals surface area contributed by atoms with Crippen molar-refractivity contribution in [3.05, 3.63) is 48.3 Å². The first-order valence-corrected chi connectivity index (χ1v) is 12.6. The molecule has 2 heterocycles. The van der Waals surface area contributed by atoms with Crippen LogP contribution in [-0.2, 0) is 55.9 Å². The number of benzene rings is 1. The number of allylic oxidation sites excluding steroid dienone is 1. The number of nitrogens with zero attached hydrogens (tertiary/aromatic N) is 3. The van der Waals surface area contributed by atoms with Gasteiger partial charge in [-0.25, -0.2) is 4.68 Å². The minimum atomic E-state index is -1.33. The number of hydrogen-bond donors (Lipinski definition) is 0. The molecule has 1 saturated heterocycles. The van der Waals surface area contributed by atoms with Gasteiger partial charge in [0.05, 0.1) is 13.3 Å². The van der Waals surface area contributed by atoms with Crippen molar-refractivity contribution < 1.29 is 52.3 Å². The third-order valence-electron chi connectivity index (χ3n) is 5.77. The lowest BCUT2D eigenvalue weighted by Gasteiger charge is -2.44. The summed E-state index contributed by atoms with van der Waals surface area (Å²) >= 11 is 0. The third kappa shape index (κ3) is 8.51. The van der Waals surface area contributed by atoms with E-state index in [1.165, 1.54) is 24.9 Å². The highest BCUT2D eigenvalue weighted by molar-refractivity contribution is 5.68. The molecule has 1 aromatic carbocycles. The first kappa shape index (κ1) is 31.1. The van der Waals surface area contributed by atoms with E-state index in [9.17, 15) is 19.2 Å². The van der Waals surface area contributed by atoms with Crippen molar-refractivity contribution in [1.29, 1.82) is 0 Å². The molecule has 1 aromatic heterocycles. The smallest absolute Gasteiger partial charge is 0.303 e. The van der Waals surface area contributed by atoms with E-state index in [1.54, 1.807) is 12.1 Å². The molecule has 0 bridgehead atoms. The molecule has 41 heavy (non-hydrogen) atoms. The molecule has 3 rings (SSSR count). The quantitative estimate of drug-likeness (QED) is 0.205. The number of carbonyl (C=O) groups is 4. The number of ether oxygens (including phenoxy) is 7. The summed E-state index contributed by atoms with van der Waals surface area (Å²) in [5.74, 6) is -1.81. The summed E-state index contributed by atoms with van der Waals surface area (Å²) < 4.78 is 40.0. The van der Waals surface area contributed by atoms with E-state index in [4.69, 9.17) is 33.2 Å². The van der Waals surface area contributed by atoms with Gasteiger partial charge in [0.1, 0.15) is 25.0 Å². The van der Waals surface area contributed by atoms with Gasteiger partial charge in [0.2, 0.25) is 0 Å². The Balaban J connectivity index is 1.91. The van der Waals surface area contributed by atoms with Gasteiger partial charge < -0.3 is 33.2 Å². The molecule has 0 unspecified atom stereocenters. The van der Waals surface area contributed by atoms with Crippen molar-refractivity contribution in [3.63, 3.8) is 0 Å². The van der Waals surface area contributed by atoms with Crippen LogP contribution in [0.3, 0.4) is 0 Å². The zero-order valence-corrected chi connectivity index (χ0v) is 23.4. The Morgan fingerprint density at radius 3 is 2.22 bits per heavy atom. The lowest BCUT2D eigenvalue weighted by atomic mass is 9.97. The van der Waals surface area contributed by atoms with E-state index in [0.29, 0.717) is 23.6 Å². The zero-order valence-electron chi connectivity index (χ0n) is 23.4. The second-order valence-electron chi connectivity index (χ2n) is 9.05. The Bertz CT molecular complexity index is 1260. The number of aromatic nitrogens is 3. The second-order valence-corrected chi connectivity index (χ2v) is 9.05. The monoisotopic (exact) mass is 575 g/mol. The van der Waals surface area contributed by atoms with Crippen molar-refractivity contribution in [2.75, 3.05) is 13.7 Å². The maximum Gasteiger partial charge on any atom is 0.303 e. The second kappa shape index (κ2) is 14.3. The molecule has 5 atom stereocenters. The lowest BCUT2D eigenvalue weighted by molar-refractivity contribution is -0.270. The minimum Gasteiger partial charge on any atom is -0.493 e. The molecule has 1 aliphatic heterocycles. The molecule has 2 aromatic rings. The lowest BCUT2D eigenvalue weighted by Crippen LogP contribution is -2.60. The van der Waals surface area contributed by atoms with Crippen LogP contribution in [0.15, 0.2) is 37.1 Å². The number of esters is 4. The van der Waals surface area contributed by atoms with Crippen LogP contribution < -0.4 is 9.47 Å². The molecule has 0 aliphatic carbocycles. The number of hydrogen-bond acceptors (Lipinski definition) is 13. The van der Waals surface area contributed by atoms with E-state index in [2.05, 4.69) is 16.9 Å². The highest BCUT2D eigenvalue weighted by Crippen LogP contribution is 2.35. The van der Waals surface area contributed by atoms with Crippen molar-refractivity contribution in [2.24, 2.45) is 0 Å². The molecule has 0 amide bonds. The Morgan fingerprint density at radius 1 is 0.951 bits per heavy atom. The van der Waals surface area contributed by atoms with E-state index >= 15 is 0 Å². The zero-order chi connectivity index (χ0) is 30.1. The predicted molar refractivity (Wildman–Crippen MR) is 138 cm³/mol. The minimum absolute atomic E-state index is 0.0115. The van der Waals surface area contributed by atoms with Crippen LogP contribution in [0.25, 0.3) is 0 Å². The average molecular weight is 576 g/mol. The van der Waals surface area contributed by atoms with Crippen LogP contribution in [-0.4, -0.2) is 77.0 Å². The first-order chi connectivity index (χ1) is 19.5. The van der Waals surface area contributed by atoms with Gasteiger partial charge in [-0.1, -0.05) is 17.4 Å². The molecule has 14 nitrogen and oxygen atoms in total. The third-order valence-corrected chi connectivity index (χ3v) is 5.77. The van der Waals surface area contributed by atoms with E-state index in [0.717, 1.165) is 26.3 Å². The molecular formula is C27H33N3O11. The summed E-state index contributed by atoms with van der Waals surface area (Å²) in [5.41, 5.74) is 1.37. The fourth-order valence-electron chi connectivity index (χ4n) is 4.20. The maximum atomic E-state index is 12.1. The molecule has 0 radical (unpaired) electrons. The maximum absolute atomic E-state index is 12.1. The highest BCUT2D eigenvalue weighted by Gasteiger charge is 2.53. The van der Waals surface area contributed by atoms with Gasteiger partial charge in [0.25, 0.3) is 0 Å². The van der Waals surface area contributed by atoms with E-state index < -0.39 is 54.5 Å². The Morgan fingerprint density at radius 2 is 1.61 bits per heavy atom. The Hall–Kier alpha value is -4.46. The normalized spacial score (nSPS) is 21.7. The van der Waals surface area contributed by atoms with Crippen LogP contribution in [0, 0.1) is 0 Å². The molecular weight excluding hydrogens is 542 g/mol. The van der Waals surface area contributed by atoms with Crippen molar-refractivity contribution in [2.45, 2.75) is 71.4 Å². The van der Waals surface area contributed by atoms with Gasteiger partial charge in [0.15, 0.2) is 36.0 Å². The summed E-state index contributed by atoms with van der Waals surface area (Å²) in [6.07, 6.45) is -2.33. The molecule has 222 valence electrons. The molecule has 0 saturated carbocycles. The summed E-state index contributed by atoms with van der Waals surface area (Å²) in [4.78, 5) is 47.5. The molecule has 0 N–H and O–H groups in total. The van der Waals surface area contributed by atoms with Crippen LogP contribution in [0.5, 0.6) is 11.5 Å². The average Bonchev–Trinajstić information content (AvgIpc) is 3.37. The summed E-state index contributed by atoms with van der Waals surface area (Å²) in [6, 6.07) is 5.49. The molecule has 1 aliphatic rings. The first-order valence-electron chi connectivity index (χ1n) is 12.6. The predicted octanol–water partition coefficient (Wildman–Crippen LogP) is 1.85. The molecule has 0 spiro atoms. The topological polar surface area (TPSA) is 164 Å². The number of rotatable bonds is 12. The fourth-order valence-corrected chi connectivity index (χ4v) is 4.20. The van der Waals surface area contributed by atoms with E-state index in [-0.39, 0.29) is 13.2 Å². The molecule has 1 fully saturated rings. The Labute approximate surface area is 236 Å². The Kier molecular flexibility index (Phi) is 10.8. The highest BCUT2D eigenvalue weighted by atomic mass is 16.7. The summed E-state index contributed by atoms with van der Waals surface area (Å²) in [6.45, 7) is 8.00. The van der Waals surface area contributed by atoms with E-state index in [1.807, 2.05) is 12.1 Å². The van der Waals surface area contributed by atoms with Crippen LogP contribution >= 0.6 is 0 Å². The van der Waals surface area contributed by atoms with Gasteiger partial charge in [-0.3, -0.25) is 19.2 Å². The molecule has 14 heteroatoms. The largest absolute Gasteiger partial charge is 0.493 e. The van der Waals surface area contributed by atoms with Crippen molar-refractivity contribution >= 4 is 23.9 Å². The van der Waals surface area contributed by atoms with Gasteiger partial charge in [-0.2, -0.15) is 0 Å². The SMILES string of the molecule is C=CCc1ccc(OCc2cn([C@H]3O[C@H](COC(C)=O)[C@@H](OC(C)=O)[C@H](OC(C)=O)[C@H]3OC(C)=O)nn2)c(OC)c1. The van der Waals surface area contributed by atoms with Gasteiger partial charge >= 0.3 is 23.9 Å². The van der Waals surface area contributed by atoms with Crippen LogP contribution in [0.1, 0.15) is 45.2 Å². The van der Waals surface area contributed by atoms with Crippen molar-refractivity contribution in [1.82, 2.24) is 15.0 Å². The van der Waals surface area contributed by atoms with Crippen LogP contribution in [0.2, 0.25) is 0 Å². The van der Waals surface area contributed by atoms with Gasteiger partial charge in [0, 0.05) is 27.7 Å². The number of carbonyl (C=O) groups excluding carboxylic acids is 4. The van der Waals surface area contributed by atoms with Gasteiger partial charge in [-0.15, -0.1) is 11.7 Å². The van der Waals surface area contributed by atoms with Crippen LogP contribution in [0.4, 0.5) is 0 Å². The van der Waals surface area contributed by atoms with Gasteiger partial charge in [-0.05, 0) is 24.1 Å². The summed E-state index contributed by atoms with van der Waals surface area (Å²) in [7, 11) is 1.53. The van der Waals surface area contributed by atoms with Crippen molar-refractivity contribution in [3.8, 4) is 11.5 Å². The summed E-state index contributed by atoms with van der Waals surface area (Å²) in [5, 5.41) is 8.20. The standard InChI is InChI=1S/C27H33N3O11/c1-7-8-19-9-10-21(22(11-19)35-6)37-13-20-12-30(29-28-20)27-26(40-18(5)34)25(39-17(4)33)24(38-16(3)32)23(41-27)14-36-15(2)31/h7,9-12,23-27H,1,8,13-14H2,2-6H3/t23-,24-,25+,26-,27+/m1/s1.